The number of benzene rings is 6. The van der Waals surface area contributed by atoms with Crippen molar-refractivity contribution in [2.24, 2.45) is 9.98 Å². The predicted molar refractivity (Wildman–Crippen MR) is 336 cm³/mol. The zero-order chi connectivity index (χ0) is 64.9. The molecule has 2 fully saturated rings. The summed E-state index contributed by atoms with van der Waals surface area (Å²) < 4.78 is 92.4. The molecule has 2 saturated heterocycles. The molecule has 2 aliphatic rings. The van der Waals surface area contributed by atoms with Crippen molar-refractivity contribution in [1.29, 1.82) is 0 Å². The molecule has 0 aliphatic carbocycles. The van der Waals surface area contributed by atoms with Crippen LogP contribution in [-0.4, -0.2) is 108 Å². The summed E-state index contributed by atoms with van der Waals surface area (Å²) in [4.78, 5) is 76.7. The molecule has 0 saturated carbocycles. The summed E-state index contributed by atoms with van der Waals surface area (Å²) in [5.74, 6) is -0.101. The highest BCUT2D eigenvalue weighted by Gasteiger charge is 2.42. The zero-order valence-electron chi connectivity index (χ0n) is 50.1. The fourth-order valence-corrected chi connectivity index (χ4v) is 12.3. The number of nitrogens with zero attached hydrogens (tertiary/aromatic N) is 10. The minimum Gasteiger partial charge on any atom is -0.497 e. The van der Waals surface area contributed by atoms with Gasteiger partial charge in [0.25, 0.3) is 0 Å². The third-order valence-electron chi connectivity index (χ3n) is 14.8. The SMILES string of the molecule is COc1ccc(C(C)C)c(N2C(=O)C(Cc3ccc(C(C)C)c(N4C(=O)CSC4=NC(=O)NCCc4ccc(-c5ncn(-c6ccc(OC(F)(F)F)cc6)n5)cc4C)c3)SC2=NC(=O)NCCc2ccc(-c3ncn(-c4ccc(OC(F)(F)F)cc4)n3)cc2C)c1. The number of amides is 6. The molecule has 19 nitrogen and oxygen atoms in total. The van der Waals surface area contributed by atoms with Crippen molar-refractivity contribution in [3.63, 3.8) is 0 Å². The number of amidine groups is 2. The molecule has 91 heavy (non-hydrogen) atoms. The number of carbonyl (C=O) groups excluding carboxylic acids is 4. The summed E-state index contributed by atoms with van der Waals surface area (Å²) in [7, 11) is 1.53. The van der Waals surface area contributed by atoms with Crippen molar-refractivity contribution in [3.8, 4) is 51.4 Å². The molecule has 1 atom stereocenters. The first-order chi connectivity index (χ1) is 43.4. The molecule has 0 spiro atoms. The number of hydrogen-bond donors (Lipinski definition) is 2. The number of ether oxygens (including phenoxy) is 3. The van der Waals surface area contributed by atoms with E-state index in [-0.39, 0.29) is 70.7 Å². The number of carbonyl (C=O) groups is 4. The summed E-state index contributed by atoms with van der Waals surface area (Å²) in [6.07, 6.45) is -5.66. The Morgan fingerprint density at radius 2 is 1.09 bits per heavy atom. The van der Waals surface area contributed by atoms with Gasteiger partial charge < -0.3 is 24.8 Å². The molecule has 6 amide bonds. The van der Waals surface area contributed by atoms with Crippen molar-refractivity contribution in [1.82, 2.24) is 40.2 Å². The maximum absolute atomic E-state index is 14.9. The van der Waals surface area contributed by atoms with Gasteiger partial charge in [0.1, 0.15) is 29.9 Å². The second-order valence-corrected chi connectivity index (χ2v) is 23.9. The lowest BCUT2D eigenvalue weighted by Crippen LogP contribution is -2.35. The van der Waals surface area contributed by atoms with E-state index in [1.165, 1.54) is 87.5 Å². The van der Waals surface area contributed by atoms with E-state index in [0.29, 0.717) is 69.7 Å². The summed E-state index contributed by atoms with van der Waals surface area (Å²) in [5, 5.41) is 14.3. The van der Waals surface area contributed by atoms with E-state index in [2.05, 4.69) is 50.3 Å². The van der Waals surface area contributed by atoms with Crippen LogP contribution < -0.4 is 34.6 Å². The van der Waals surface area contributed by atoms with E-state index >= 15 is 0 Å². The summed E-state index contributed by atoms with van der Waals surface area (Å²) in [6.45, 7) is 12.2. The molecule has 10 rings (SSSR count). The number of hydrogen-bond acceptors (Lipinski definition) is 13. The average Bonchev–Trinajstić information content (AvgIpc) is 1.69. The number of thioether (sulfide) groups is 2. The van der Waals surface area contributed by atoms with Crippen LogP contribution in [0.1, 0.15) is 78.5 Å². The largest absolute Gasteiger partial charge is 0.573 e. The average molecular weight is 1290 g/mol. The van der Waals surface area contributed by atoms with Crippen LogP contribution in [0.3, 0.4) is 0 Å². The Morgan fingerprint density at radius 1 is 0.615 bits per heavy atom. The first-order valence-electron chi connectivity index (χ1n) is 28.6. The maximum atomic E-state index is 14.9. The van der Waals surface area contributed by atoms with Crippen LogP contribution in [0, 0.1) is 13.8 Å². The third kappa shape index (κ3) is 15.7. The van der Waals surface area contributed by atoms with Crippen LogP contribution in [0.25, 0.3) is 34.2 Å². The Labute approximate surface area is 527 Å². The molecule has 27 heteroatoms. The van der Waals surface area contributed by atoms with Crippen molar-refractivity contribution in [2.45, 2.75) is 90.6 Å². The highest BCUT2D eigenvalue weighted by atomic mass is 32.2. The van der Waals surface area contributed by atoms with Crippen LogP contribution in [0.5, 0.6) is 17.2 Å². The molecular weight excluding hydrogens is 1230 g/mol. The minimum atomic E-state index is -4.81. The lowest BCUT2D eigenvalue weighted by atomic mass is 9.96. The van der Waals surface area contributed by atoms with Crippen LogP contribution in [0.2, 0.25) is 0 Å². The van der Waals surface area contributed by atoms with Gasteiger partial charge >= 0.3 is 24.8 Å². The quantitative estimate of drug-likeness (QED) is 0.0722. The minimum absolute atomic E-state index is 0.0387. The molecule has 2 aromatic heterocycles. The Bertz CT molecular complexity index is 4100. The maximum Gasteiger partial charge on any atom is 0.573 e. The number of alkyl halides is 6. The van der Waals surface area contributed by atoms with E-state index in [1.807, 2.05) is 108 Å². The van der Waals surface area contributed by atoms with E-state index in [4.69, 9.17) is 4.74 Å². The normalized spacial score (nSPS) is 15.4. The highest BCUT2D eigenvalue weighted by Crippen LogP contribution is 2.41. The molecule has 1 unspecified atom stereocenters. The molecule has 0 bridgehead atoms. The molecule has 4 heterocycles. The number of rotatable bonds is 19. The van der Waals surface area contributed by atoms with Crippen LogP contribution in [0.15, 0.2) is 144 Å². The lowest BCUT2D eigenvalue weighted by molar-refractivity contribution is -0.275. The molecule has 6 aromatic carbocycles. The van der Waals surface area contributed by atoms with Gasteiger partial charge in [0, 0.05) is 30.3 Å². The van der Waals surface area contributed by atoms with Gasteiger partial charge in [-0.15, -0.1) is 36.5 Å². The van der Waals surface area contributed by atoms with Gasteiger partial charge in [0.05, 0.1) is 40.9 Å². The van der Waals surface area contributed by atoms with E-state index < -0.39 is 30.0 Å². The number of aliphatic imine (C=N–C) groups is 2. The van der Waals surface area contributed by atoms with Gasteiger partial charge in [-0.1, -0.05) is 93.7 Å². The monoisotopic (exact) mass is 1290 g/mol. The van der Waals surface area contributed by atoms with Crippen molar-refractivity contribution < 1.29 is 59.7 Å². The van der Waals surface area contributed by atoms with Crippen molar-refractivity contribution in [3.05, 3.63) is 173 Å². The molecule has 2 N–H and O–H groups in total. The number of aromatic nitrogens is 6. The molecule has 472 valence electrons. The summed E-state index contributed by atoms with van der Waals surface area (Å²) in [5.41, 5.74) is 9.40. The summed E-state index contributed by atoms with van der Waals surface area (Å²) >= 11 is 2.29. The third-order valence-corrected chi connectivity index (χ3v) is 16.8. The van der Waals surface area contributed by atoms with E-state index in [0.717, 1.165) is 56.9 Å². The van der Waals surface area contributed by atoms with Gasteiger partial charge in [-0.3, -0.25) is 19.4 Å². The van der Waals surface area contributed by atoms with E-state index in [9.17, 15) is 45.5 Å². The van der Waals surface area contributed by atoms with E-state index in [1.54, 1.807) is 6.07 Å². The number of halogens is 6. The van der Waals surface area contributed by atoms with Crippen molar-refractivity contribution in [2.75, 3.05) is 35.8 Å². The number of urea groups is 2. The van der Waals surface area contributed by atoms with Gasteiger partial charge in [-0.2, -0.15) is 9.98 Å². The van der Waals surface area contributed by atoms with Gasteiger partial charge in [0.2, 0.25) is 11.8 Å². The Morgan fingerprint density at radius 3 is 1.56 bits per heavy atom. The first-order valence-corrected chi connectivity index (χ1v) is 30.5. The number of methoxy groups -OCH3 is 1. The zero-order valence-corrected chi connectivity index (χ0v) is 51.7. The van der Waals surface area contributed by atoms with Crippen molar-refractivity contribution >= 4 is 69.1 Å². The van der Waals surface area contributed by atoms with Gasteiger partial charge in [-0.25, -0.2) is 28.9 Å². The topological polar surface area (TPSA) is 213 Å². The Hall–Kier alpha value is -9.50. The highest BCUT2D eigenvalue weighted by molar-refractivity contribution is 8.16. The molecule has 2 aliphatic heterocycles. The van der Waals surface area contributed by atoms with Crippen LogP contribution in [-0.2, 0) is 28.9 Å². The standard InChI is InChI=1S/C64H60F6N12O7S2/c1-36(2)50-22-8-40(30-52(50)81-55(83)33-90-61(81)75-59(85)71-26-24-41-9-11-43(28-38(41)5)56-73-34-79(77-56)45-13-17-47(18-14-45)88-63(65,66)67)31-54-58(84)82(53-32-49(87-7)21-23-51(53)37(3)4)62(91-54)76-60(86)72-27-25-42-10-12-44(29-39(42)6)57-74-35-80(78-57)46-15-19-48(20-16-46)89-64(68,69)70/h8-23,28-30,32,34-37,54H,24-27,31,33H2,1-7H3,(H,71,85)(H,72,86). The fraction of sp³-hybridized carbons (Fsp3) is 0.281. The second-order valence-electron chi connectivity index (χ2n) is 21.8. The smallest absolute Gasteiger partial charge is 0.497 e. The lowest BCUT2D eigenvalue weighted by Gasteiger charge is -2.23. The second kappa shape index (κ2) is 27.3. The first kappa shape index (κ1) is 64.5. The number of nitrogens with one attached hydrogen (secondary N) is 2. The molecule has 0 radical (unpaired) electrons. The number of anilines is 2. The molecule has 8 aromatic rings. The summed E-state index contributed by atoms with van der Waals surface area (Å²) in [6, 6.07) is 31.6. The predicted octanol–water partition coefficient (Wildman–Crippen LogP) is 13.2. The van der Waals surface area contributed by atoms with Gasteiger partial charge in [-0.05, 0) is 157 Å². The molecular formula is C64H60F6N12O7S2. The Kier molecular flexibility index (Phi) is 19.3. The fourth-order valence-electron chi connectivity index (χ4n) is 10.3. The van der Waals surface area contributed by atoms with Gasteiger partial charge in [0.15, 0.2) is 22.0 Å². The Balaban J connectivity index is 0.801. The van der Waals surface area contributed by atoms with Crippen LogP contribution >= 0.6 is 23.5 Å². The number of aryl methyl sites for hydroxylation is 2. The van der Waals surface area contributed by atoms with Crippen LogP contribution in [0.4, 0.5) is 47.3 Å².